The number of halogens is 2. The number of aromatic carboxylic acids is 1. The minimum atomic E-state index is -2.56. The molecule has 1 aromatic heterocycles. The second-order valence-electron chi connectivity index (χ2n) is 3.64. The summed E-state index contributed by atoms with van der Waals surface area (Å²) in [7, 11) is 0. The smallest absolute Gasteiger partial charge is 0.339 e. The lowest BCUT2D eigenvalue weighted by molar-refractivity contribution is 0.0697. The Morgan fingerprint density at radius 2 is 2.11 bits per heavy atom. The number of benzene rings is 1. The SMILES string of the molecule is O=C(O)c1cnc2ccccc2c1NCC(F)F. The number of fused-ring (bicyclic) bond motifs is 1. The molecule has 0 aliphatic heterocycles. The van der Waals surface area contributed by atoms with E-state index in [1.165, 1.54) is 6.20 Å². The lowest BCUT2D eigenvalue weighted by Crippen LogP contribution is -2.14. The third-order valence-corrected chi connectivity index (χ3v) is 2.44. The molecule has 0 saturated carbocycles. The lowest BCUT2D eigenvalue weighted by atomic mass is 10.1. The maximum atomic E-state index is 12.2. The van der Waals surface area contributed by atoms with Gasteiger partial charge in [0.25, 0.3) is 6.43 Å². The van der Waals surface area contributed by atoms with Gasteiger partial charge in [0.15, 0.2) is 0 Å². The van der Waals surface area contributed by atoms with E-state index in [0.717, 1.165) is 0 Å². The van der Waals surface area contributed by atoms with Crippen LogP contribution >= 0.6 is 0 Å². The van der Waals surface area contributed by atoms with Gasteiger partial charge >= 0.3 is 5.97 Å². The van der Waals surface area contributed by atoms with E-state index in [4.69, 9.17) is 5.11 Å². The Hall–Kier alpha value is -2.24. The predicted molar refractivity (Wildman–Crippen MR) is 63.2 cm³/mol. The zero-order chi connectivity index (χ0) is 13.1. The fraction of sp³-hybridized carbons (Fsp3) is 0.167. The highest BCUT2D eigenvalue weighted by molar-refractivity contribution is 6.04. The van der Waals surface area contributed by atoms with Gasteiger partial charge in [-0.15, -0.1) is 0 Å². The van der Waals surface area contributed by atoms with Crippen molar-refractivity contribution < 1.29 is 18.7 Å². The van der Waals surface area contributed by atoms with Crippen molar-refractivity contribution in [3.05, 3.63) is 36.0 Å². The summed E-state index contributed by atoms with van der Waals surface area (Å²) in [4.78, 5) is 15.0. The molecule has 2 aromatic rings. The number of nitrogens with one attached hydrogen (secondary N) is 1. The van der Waals surface area contributed by atoms with Gasteiger partial charge in [0, 0.05) is 11.6 Å². The standard InChI is InChI=1S/C12H10F2N2O2/c13-10(14)6-16-11-7-3-1-2-4-9(7)15-5-8(11)12(17)18/h1-5,10H,6H2,(H,15,16)(H,17,18). The summed E-state index contributed by atoms with van der Waals surface area (Å²) in [5, 5.41) is 12.0. The first-order valence-corrected chi connectivity index (χ1v) is 5.22. The number of aromatic nitrogens is 1. The first-order chi connectivity index (χ1) is 8.59. The van der Waals surface area contributed by atoms with E-state index in [1.54, 1.807) is 24.3 Å². The van der Waals surface area contributed by atoms with Gasteiger partial charge in [-0.2, -0.15) is 0 Å². The highest BCUT2D eigenvalue weighted by atomic mass is 19.3. The van der Waals surface area contributed by atoms with Crippen LogP contribution < -0.4 is 5.32 Å². The second-order valence-corrected chi connectivity index (χ2v) is 3.64. The number of para-hydroxylation sites is 1. The Morgan fingerprint density at radius 3 is 2.78 bits per heavy atom. The third kappa shape index (κ3) is 2.37. The molecule has 1 aromatic carbocycles. The van der Waals surface area contributed by atoms with Crippen molar-refractivity contribution in [2.75, 3.05) is 11.9 Å². The number of carboxylic acids is 1. The van der Waals surface area contributed by atoms with Gasteiger partial charge in [-0.1, -0.05) is 18.2 Å². The number of pyridine rings is 1. The molecule has 0 fully saturated rings. The Kier molecular flexibility index (Phi) is 3.36. The summed E-state index contributed by atoms with van der Waals surface area (Å²) < 4.78 is 24.5. The van der Waals surface area contributed by atoms with Crippen LogP contribution in [0.5, 0.6) is 0 Å². The summed E-state index contributed by atoms with van der Waals surface area (Å²) >= 11 is 0. The van der Waals surface area contributed by atoms with E-state index >= 15 is 0 Å². The Morgan fingerprint density at radius 1 is 1.39 bits per heavy atom. The lowest BCUT2D eigenvalue weighted by Gasteiger charge is -2.11. The molecule has 94 valence electrons. The molecule has 6 heteroatoms. The Balaban J connectivity index is 2.55. The summed E-state index contributed by atoms with van der Waals surface area (Å²) in [5.41, 5.74) is 0.613. The van der Waals surface area contributed by atoms with Crippen LogP contribution in [0, 0.1) is 0 Å². The maximum absolute atomic E-state index is 12.2. The maximum Gasteiger partial charge on any atom is 0.339 e. The van der Waals surface area contributed by atoms with Crippen LogP contribution in [-0.4, -0.2) is 29.0 Å². The molecule has 0 radical (unpaired) electrons. The second kappa shape index (κ2) is 4.95. The molecule has 2 rings (SSSR count). The van der Waals surface area contributed by atoms with E-state index in [1.807, 2.05) is 0 Å². The van der Waals surface area contributed by atoms with Crippen LogP contribution in [0.2, 0.25) is 0 Å². The minimum Gasteiger partial charge on any atom is -0.478 e. The topological polar surface area (TPSA) is 62.2 Å². The first-order valence-electron chi connectivity index (χ1n) is 5.22. The van der Waals surface area contributed by atoms with Crippen molar-refractivity contribution in [1.82, 2.24) is 4.98 Å². The number of hydrogen-bond acceptors (Lipinski definition) is 3. The monoisotopic (exact) mass is 252 g/mol. The van der Waals surface area contributed by atoms with E-state index in [2.05, 4.69) is 10.3 Å². The summed E-state index contributed by atoms with van der Waals surface area (Å²) in [6, 6.07) is 6.77. The van der Waals surface area contributed by atoms with Crippen LogP contribution in [0.4, 0.5) is 14.5 Å². The summed E-state index contributed by atoms with van der Waals surface area (Å²) in [6.45, 7) is -0.603. The largest absolute Gasteiger partial charge is 0.478 e. The van der Waals surface area contributed by atoms with Crippen LogP contribution in [0.25, 0.3) is 10.9 Å². The molecule has 0 saturated heterocycles. The number of rotatable bonds is 4. The highest BCUT2D eigenvalue weighted by Gasteiger charge is 2.15. The molecule has 0 atom stereocenters. The molecule has 0 aliphatic rings. The van der Waals surface area contributed by atoms with Crippen molar-refractivity contribution in [2.45, 2.75) is 6.43 Å². The van der Waals surface area contributed by atoms with E-state index < -0.39 is 18.9 Å². The van der Waals surface area contributed by atoms with E-state index in [9.17, 15) is 13.6 Å². The van der Waals surface area contributed by atoms with Gasteiger partial charge < -0.3 is 10.4 Å². The molecule has 0 spiro atoms. The van der Waals surface area contributed by atoms with Crippen LogP contribution in [-0.2, 0) is 0 Å². The molecule has 0 amide bonds. The molecular weight excluding hydrogens is 242 g/mol. The van der Waals surface area contributed by atoms with Crippen LogP contribution in [0.15, 0.2) is 30.5 Å². The Labute approximate surface area is 101 Å². The number of carbonyl (C=O) groups is 1. The summed E-state index contributed by atoms with van der Waals surface area (Å²) in [6.07, 6.45) is -1.39. The van der Waals surface area contributed by atoms with Gasteiger partial charge in [0.1, 0.15) is 5.56 Å². The van der Waals surface area contributed by atoms with Crippen molar-refractivity contribution in [2.24, 2.45) is 0 Å². The molecular formula is C12H10F2N2O2. The zero-order valence-electron chi connectivity index (χ0n) is 9.23. The number of hydrogen-bond donors (Lipinski definition) is 2. The number of carboxylic acid groups (broad SMARTS) is 1. The van der Waals surface area contributed by atoms with Gasteiger partial charge in [-0.3, -0.25) is 4.98 Å². The van der Waals surface area contributed by atoms with Crippen molar-refractivity contribution in [3.63, 3.8) is 0 Å². The molecule has 0 aliphatic carbocycles. The zero-order valence-corrected chi connectivity index (χ0v) is 9.23. The fourth-order valence-electron chi connectivity index (χ4n) is 1.67. The predicted octanol–water partition coefficient (Wildman–Crippen LogP) is 2.61. The van der Waals surface area contributed by atoms with Crippen molar-refractivity contribution >= 4 is 22.6 Å². The molecule has 4 nitrogen and oxygen atoms in total. The van der Waals surface area contributed by atoms with Gasteiger partial charge in [-0.25, -0.2) is 13.6 Å². The fourth-order valence-corrected chi connectivity index (χ4v) is 1.67. The van der Waals surface area contributed by atoms with Gasteiger partial charge in [-0.05, 0) is 6.07 Å². The molecule has 18 heavy (non-hydrogen) atoms. The van der Waals surface area contributed by atoms with Crippen molar-refractivity contribution in [1.29, 1.82) is 0 Å². The average Bonchev–Trinajstić information content (AvgIpc) is 2.35. The Bertz CT molecular complexity index is 587. The number of anilines is 1. The normalized spacial score (nSPS) is 10.8. The third-order valence-electron chi connectivity index (χ3n) is 2.44. The minimum absolute atomic E-state index is 0.116. The quantitative estimate of drug-likeness (QED) is 0.878. The molecule has 0 bridgehead atoms. The van der Waals surface area contributed by atoms with E-state index in [0.29, 0.717) is 10.9 Å². The molecule has 2 N–H and O–H groups in total. The first kappa shape index (κ1) is 12.2. The van der Waals surface area contributed by atoms with Gasteiger partial charge in [0.2, 0.25) is 0 Å². The highest BCUT2D eigenvalue weighted by Crippen LogP contribution is 2.25. The molecule has 0 unspecified atom stereocenters. The average molecular weight is 252 g/mol. The molecule has 1 heterocycles. The number of nitrogens with zero attached hydrogens (tertiary/aromatic N) is 1. The summed E-state index contributed by atoms with van der Waals surface area (Å²) in [5.74, 6) is -1.20. The van der Waals surface area contributed by atoms with Crippen molar-refractivity contribution in [3.8, 4) is 0 Å². The number of alkyl halides is 2. The van der Waals surface area contributed by atoms with Gasteiger partial charge in [0.05, 0.1) is 17.7 Å². The van der Waals surface area contributed by atoms with Crippen LogP contribution in [0.1, 0.15) is 10.4 Å². The van der Waals surface area contributed by atoms with E-state index in [-0.39, 0.29) is 11.3 Å². The van der Waals surface area contributed by atoms with Crippen LogP contribution in [0.3, 0.4) is 0 Å².